The van der Waals surface area contributed by atoms with Gasteiger partial charge in [-0.2, -0.15) is 0 Å². The van der Waals surface area contributed by atoms with Crippen molar-refractivity contribution in [3.63, 3.8) is 0 Å². The maximum atomic E-state index is 11.1. The summed E-state index contributed by atoms with van der Waals surface area (Å²) in [4.78, 5) is 12.6. The van der Waals surface area contributed by atoms with E-state index in [2.05, 4.69) is 0 Å². The van der Waals surface area contributed by atoms with E-state index in [-0.39, 0.29) is 25.8 Å². The number of hydrogen-bond acceptors (Lipinski definition) is 6. The first-order valence-corrected chi connectivity index (χ1v) is 12.2. The van der Waals surface area contributed by atoms with E-state index in [1.165, 1.54) is 0 Å². The maximum absolute atomic E-state index is 11.1. The Bertz CT molecular complexity index is 1030. The highest BCUT2D eigenvalue weighted by molar-refractivity contribution is 5.68. The Balaban J connectivity index is 1.60. The van der Waals surface area contributed by atoms with Crippen molar-refractivity contribution in [2.45, 2.75) is 44.6 Å². The lowest BCUT2D eigenvalue weighted by Crippen LogP contribution is -2.48. The molecule has 36 heavy (non-hydrogen) atoms. The molecule has 3 aromatic carbocycles. The Morgan fingerprint density at radius 1 is 0.833 bits per heavy atom. The quantitative estimate of drug-likeness (QED) is 0.277. The molecule has 0 aliphatic heterocycles. The van der Waals surface area contributed by atoms with E-state index in [0.29, 0.717) is 17.9 Å². The Morgan fingerprint density at radius 2 is 1.44 bits per heavy atom. The van der Waals surface area contributed by atoms with Gasteiger partial charge < -0.3 is 24.8 Å². The molecular weight excluding hydrogens is 458 g/mol. The normalized spacial score (nSPS) is 13.7. The lowest BCUT2D eigenvalue weighted by atomic mass is 10.0. The number of aliphatic hydroxyl groups is 2. The molecule has 0 spiro atoms. The number of ether oxygens (including phenoxy) is 2. The molecule has 0 amide bonds. The zero-order valence-corrected chi connectivity index (χ0v) is 20.6. The molecule has 0 radical (unpaired) electrons. The molecule has 192 valence electrons. The largest absolute Gasteiger partial charge is 0.491 e. The number of aliphatic hydroxyl groups excluding tert-OH is 2. The minimum Gasteiger partial charge on any atom is -0.491 e. The first-order valence-electron chi connectivity index (χ1n) is 12.2. The number of hydrogen-bond donors (Lipinski definition) is 3. The number of carboxylic acids is 1. The molecule has 0 aliphatic carbocycles. The number of benzene rings is 3. The average Bonchev–Trinajstić information content (AvgIpc) is 2.89. The van der Waals surface area contributed by atoms with Crippen LogP contribution in [0.3, 0.4) is 0 Å². The van der Waals surface area contributed by atoms with Gasteiger partial charge in [0.2, 0.25) is 0 Å². The standard InChI is InChI=1S/C29H35NO6/c1-22(12-13-23-14-16-27(17-15-23)36-21-29(33)34)30(28(32)18-24-8-4-2-5-9-24)19-25(31)20-35-26-10-6-3-7-11-26/h2-11,14-17,22,25,28,31-32H,12-13,18-21H2,1H3,(H,33,34)/t22-,25+,28-/m1/s1. The summed E-state index contributed by atoms with van der Waals surface area (Å²) in [7, 11) is 0. The van der Waals surface area contributed by atoms with Gasteiger partial charge in [-0.15, -0.1) is 0 Å². The van der Waals surface area contributed by atoms with Crippen molar-refractivity contribution in [3.8, 4) is 11.5 Å². The molecular formula is C29H35NO6. The summed E-state index contributed by atoms with van der Waals surface area (Å²) in [6, 6.07) is 26.5. The number of carboxylic acid groups (broad SMARTS) is 1. The molecule has 3 rings (SSSR count). The fourth-order valence-corrected chi connectivity index (χ4v) is 3.98. The topological polar surface area (TPSA) is 99.5 Å². The fraction of sp³-hybridized carbons (Fsp3) is 0.345. The zero-order chi connectivity index (χ0) is 25.8. The van der Waals surface area contributed by atoms with Crippen LogP contribution in [0.2, 0.25) is 0 Å². The third-order valence-electron chi connectivity index (χ3n) is 5.95. The Kier molecular flexibility index (Phi) is 10.8. The van der Waals surface area contributed by atoms with Gasteiger partial charge in [-0.3, -0.25) is 4.90 Å². The summed E-state index contributed by atoms with van der Waals surface area (Å²) >= 11 is 0. The molecule has 0 saturated heterocycles. The molecule has 0 aromatic heterocycles. The van der Waals surface area contributed by atoms with Gasteiger partial charge in [0, 0.05) is 19.0 Å². The van der Waals surface area contributed by atoms with Crippen LogP contribution in [0.1, 0.15) is 24.5 Å². The fourth-order valence-electron chi connectivity index (χ4n) is 3.98. The second-order valence-electron chi connectivity index (χ2n) is 8.86. The van der Waals surface area contributed by atoms with E-state index >= 15 is 0 Å². The first-order chi connectivity index (χ1) is 17.4. The van der Waals surface area contributed by atoms with Crippen LogP contribution in [-0.2, 0) is 17.6 Å². The van der Waals surface area contributed by atoms with Gasteiger partial charge in [0.05, 0.1) is 0 Å². The van der Waals surface area contributed by atoms with Crippen LogP contribution < -0.4 is 9.47 Å². The first kappa shape index (κ1) is 27.2. The molecule has 0 heterocycles. The van der Waals surface area contributed by atoms with Gasteiger partial charge in [0.15, 0.2) is 6.61 Å². The third-order valence-corrected chi connectivity index (χ3v) is 5.95. The van der Waals surface area contributed by atoms with E-state index in [0.717, 1.165) is 24.0 Å². The van der Waals surface area contributed by atoms with Gasteiger partial charge >= 0.3 is 5.97 Å². The van der Waals surface area contributed by atoms with Crippen LogP contribution in [0.4, 0.5) is 0 Å². The lowest BCUT2D eigenvalue weighted by Gasteiger charge is -2.35. The van der Waals surface area contributed by atoms with E-state index in [1.54, 1.807) is 12.1 Å². The second-order valence-corrected chi connectivity index (χ2v) is 8.86. The molecule has 0 fully saturated rings. The molecule has 0 saturated carbocycles. The number of aliphatic carboxylic acids is 1. The minimum absolute atomic E-state index is 0.0157. The van der Waals surface area contributed by atoms with Crippen molar-refractivity contribution >= 4 is 5.97 Å². The van der Waals surface area contributed by atoms with E-state index < -0.39 is 18.3 Å². The van der Waals surface area contributed by atoms with Gasteiger partial charge in [0.1, 0.15) is 30.4 Å². The Morgan fingerprint density at radius 3 is 2.08 bits per heavy atom. The molecule has 7 heteroatoms. The van der Waals surface area contributed by atoms with E-state index in [1.807, 2.05) is 84.6 Å². The predicted octanol–water partition coefficient (Wildman–Crippen LogP) is 3.77. The van der Waals surface area contributed by atoms with Crippen molar-refractivity contribution in [3.05, 3.63) is 96.1 Å². The highest BCUT2D eigenvalue weighted by Crippen LogP contribution is 2.18. The summed E-state index contributed by atoms with van der Waals surface area (Å²) in [6.07, 6.45) is 0.427. The zero-order valence-electron chi connectivity index (χ0n) is 20.6. The van der Waals surface area contributed by atoms with Crippen LogP contribution in [-0.4, -0.2) is 64.3 Å². The van der Waals surface area contributed by atoms with Gasteiger partial charge in [-0.25, -0.2) is 4.79 Å². The van der Waals surface area contributed by atoms with E-state index in [4.69, 9.17) is 14.6 Å². The van der Waals surface area contributed by atoms with Crippen molar-refractivity contribution in [2.24, 2.45) is 0 Å². The van der Waals surface area contributed by atoms with Crippen LogP contribution in [0, 0.1) is 0 Å². The monoisotopic (exact) mass is 493 g/mol. The summed E-state index contributed by atoms with van der Waals surface area (Å²) in [5, 5.41) is 30.6. The highest BCUT2D eigenvalue weighted by Gasteiger charge is 2.25. The summed E-state index contributed by atoms with van der Waals surface area (Å²) < 4.78 is 10.9. The van der Waals surface area contributed by atoms with Crippen molar-refractivity contribution in [1.29, 1.82) is 0 Å². The number of rotatable bonds is 15. The molecule has 7 nitrogen and oxygen atoms in total. The van der Waals surface area contributed by atoms with Crippen LogP contribution >= 0.6 is 0 Å². The van der Waals surface area contributed by atoms with Crippen LogP contribution in [0.25, 0.3) is 0 Å². The summed E-state index contributed by atoms with van der Waals surface area (Å²) in [5.74, 6) is 0.186. The molecule has 0 bridgehead atoms. The second kappa shape index (κ2) is 14.2. The lowest BCUT2D eigenvalue weighted by molar-refractivity contribution is -0.139. The van der Waals surface area contributed by atoms with Crippen LogP contribution in [0.15, 0.2) is 84.9 Å². The van der Waals surface area contributed by atoms with Crippen molar-refractivity contribution < 1.29 is 29.6 Å². The maximum Gasteiger partial charge on any atom is 0.341 e. The Labute approximate surface area is 212 Å². The molecule has 3 N–H and O–H groups in total. The highest BCUT2D eigenvalue weighted by atomic mass is 16.5. The van der Waals surface area contributed by atoms with E-state index in [9.17, 15) is 15.0 Å². The van der Waals surface area contributed by atoms with Crippen molar-refractivity contribution in [1.82, 2.24) is 4.90 Å². The molecule has 0 unspecified atom stereocenters. The number of carbonyl (C=O) groups is 1. The summed E-state index contributed by atoms with van der Waals surface area (Å²) in [5.41, 5.74) is 2.10. The average molecular weight is 494 g/mol. The molecule has 0 aliphatic rings. The van der Waals surface area contributed by atoms with Gasteiger partial charge in [-0.1, -0.05) is 60.7 Å². The summed E-state index contributed by atoms with van der Waals surface area (Å²) in [6.45, 7) is 2.07. The molecule has 3 aromatic rings. The number of aryl methyl sites for hydroxylation is 1. The minimum atomic E-state index is -1.02. The Hall–Kier alpha value is -3.39. The smallest absolute Gasteiger partial charge is 0.341 e. The van der Waals surface area contributed by atoms with Gasteiger partial charge in [0.25, 0.3) is 0 Å². The third kappa shape index (κ3) is 9.34. The SMILES string of the molecule is C[C@H](CCc1ccc(OCC(=O)O)cc1)N(C[C@H](O)COc1ccccc1)[C@H](O)Cc1ccccc1. The van der Waals surface area contributed by atoms with Crippen LogP contribution in [0.5, 0.6) is 11.5 Å². The number of nitrogens with zero attached hydrogens (tertiary/aromatic N) is 1. The van der Waals surface area contributed by atoms with Crippen molar-refractivity contribution in [2.75, 3.05) is 19.8 Å². The molecule has 3 atom stereocenters. The predicted molar refractivity (Wildman–Crippen MR) is 138 cm³/mol. The number of para-hydroxylation sites is 1. The van der Waals surface area contributed by atoms with Gasteiger partial charge in [-0.05, 0) is 55.2 Å².